The van der Waals surface area contributed by atoms with Crippen LogP contribution in [0.25, 0.3) is 0 Å². The van der Waals surface area contributed by atoms with Gasteiger partial charge < -0.3 is 5.11 Å². The Hall–Kier alpha value is -0.630. The second-order valence-electron chi connectivity index (χ2n) is 2.76. The molecular formula is C10H14OS. The molecule has 0 spiro atoms. The fourth-order valence-corrected chi connectivity index (χ4v) is 1.52. The standard InChI is InChI=1S/C10H14OS/c1-12-8-2-3-9-4-6-10(11)7-5-9/h4-7,11H,2-3,8H2,1H3. The molecule has 0 aromatic heterocycles. The molecule has 0 radical (unpaired) electrons. The molecule has 0 saturated heterocycles. The van der Waals surface area contributed by atoms with Gasteiger partial charge in [0, 0.05) is 0 Å². The minimum atomic E-state index is 0.351. The van der Waals surface area contributed by atoms with Crippen molar-refractivity contribution in [3.8, 4) is 5.75 Å². The SMILES string of the molecule is CSCCCc1ccc(O)cc1. The number of rotatable bonds is 4. The van der Waals surface area contributed by atoms with Crippen LogP contribution < -0.4 is 0 Å². The van der Waals surface area contributed by atoms with Crippen LogP contribution >= 0.6 is 11.8 Å². The van der Waals surface area contributed by atoms with Crippen molar-refractivity contribution in [3.05, 3.63) is 29.8 Å². The van der Waals surface area contributed by atoms with E-state index in [2.05, 4.69) is 6.26 Å². The van der Waals surface area contributed by atoms with Crippen LogP contribution in [0, 0.1) is 0 Å². The normalized spacial score (nSPS) is 10.1. The second-order valence-corrected chi connectivity index (χ2v) is 3.75. The molecule has 1 nitrogen and oxygen atoms in total. The number of phenols is 1. The maximum atomic E-state index is 9.02. The van der Waals surface area contributed by atoms with Crippen LogP contribution in [0.1, 0.15) is 12.0 Å². The molecule has 0 aliphatic carbocycles. The molecule has 0 amide bonds. The highest BCUT2D eigenvalue weighted by Gasteiger charge is 1.92. The summed E-state index contributed by atoms with van der Waals surface area (Å²) in [5, 5.41) is 9.02. The number of thioether (sulfide) groups is 1. The Morgan fingerprint density at radius 1 is 1.25 bits per heavy atom. The third kappa shape index (κ3) is 3.18. The smallest absolute Gasteiger partial charge is 0.115 e. The molecule has 1 rings (SSSR count). The van der Waals surface area contributed by atoms with Crippen molar-refractivity contribution in [1.29, 1.82) is 0 Å². The molecule has 12 heavy (non-hydrogen) atoms. The molecule has 0 aliphatic heterocycles. The monoisotopic (exact) mass is 182 g/mol. The van der Waals surface area contributed by atoms with E-state index in [4.69, 9.17) is 5.11 Å². The molecule has 1 aromatic carbocycles. The Morgan fingerprint density at radius 2 is 1.92 bits per heavy atom. The summed E-state index contributed by atoms with van der Waals surface area (Å²) in [6, 6.07) is 7.45. The fourth-order valence-electron chi connectivity index (χ4n) is 1.08. The molecule has 0 saturated carbocycles. The van der Waals surface area contributed by atoms with E-state index in [1.54, 1.807) is 12.1 Å². The van der Waals surface area contributed by atoms with Crippen molar-refractivity contribution < 1.29 is 5.11 Å². The Labute approximate surface area is 77.8 Å². The highest BCUT2D eigenvalue weighted by atomic mass is 32.2. The predicted octanol–water partition coefficient (Wildman–Crippen LogP) is 2.69. The van der Waals surface area contributed by atoms with E-state index in [-0.39, 0.29) is 0 Å². The third-order valence-corrected chi connectivity index (χ3v) is 2.45. The lowest BCUT2D eigenvalue weighted by atomic mass is 10.1. The van der Waals surface area contributed by atoms with Gasteiger partial charge in [0.25, 0.3) is 0 Å². The molecule has 0 atom stereocenters. The minimum Gasteiger partial charge on any atom is -0.508 e. The van der Waals surface area contributed by atoms with Gasteiger partial charge in [-0.15, -0.1) is 0 Å². The average molecular weight is 182 g/mol. The van der Waals surface area contributed by atoms with Crippen LogP contribution in [-0.4, -0.2) is 17.1 Å². The van der Waals surface area contributed by atoms with Gasteiger partial charge in [-0.05, 0) is 42.5 Å². The summed E-state index contributed by atoms with van der Waals surface area (Å²) in [5.41, 5.74) is 1.31. The maximum Gasteiger partial charge on any atom is 0.115 e. The molecule has 1 N–H and O–H groups in total. The molecular weight excluding hydrogens is 168 g/mol. The Bertz CT molecular complexity index is 218. The zero-order valence-electron chi connectivity index (χ0n) is 7.29. The maximum absolute atomic E-state index is 9.02. The number of benzene rings is 1. The second kappa shape index (κ2) is 5.09. The van der Waals surface area contributed by atoms with E-state index in [9.17, 15) is 0 Å². The fraction of sp³-hybridized carbons (Fsp3) is 0.400. The van der Waals surface area contributed by atoms with E-state index in [0.29, 0.717) is 5.75 Å². The van der Waals surface area contributed by atoms with Gasteiger partial charge in [0.2, 0.25) is 0 Å². The molecule has 0 aliphatic rings. The summed E-state index contributed by atoms with van der Waals surface area (Å²) in [4.78, 5) is 0. The van der Waals surface area contributed by atoms with Gasteiger partial charge in [-0.25, -0.2) is 0 Å². The van der Waals surface area contributed by atoms with Crippen molar-refractivity contribution in [1.82, 2.24) is 0 Å². The lowest BCUT2D eigenvalue weighted by molar-refractivity contribution is 0.475. The van der Waals surface area contributed by atoms with Crippen molar-refractivity contribution in [2.45, 2.75) is 12.8 Å². The zero-order chi connectivity index (χ0) is 8.81. The Morgan fingerprint density at radius 3 is 2.50 bits per heavy atom. The number of hydrogen-bond donors (Lipinski definition) is 1. The van der Waals surface area contributed by atoms with E-state index in [0.717, 1.165) is 6.42 Å². The Kier molecular flexibility index (Phi) is 4.01. The molecule has 0 bridgehead atoms. The van der Waals surface area contributed by atoms with Crippen LogP contribution in [0.4, 0.5) is 0 Å². The van der Waals surface area contributed by atoms with Crippen molar-refractivity contribution >= 4 is 11.8 Å². The summed E-state index contributed by atoms with van der Waals surface area (Å²) in [6.07, 6.45) is 4.45. The van der Waals surface area contributed by atoms with Crippen LogP contribution in [0.2, 0.25) is 0 Å². The van der Waals surface area contributed by atoms with Crippen LogP contribution in [0.15, 0.2) is 24.3 Å². The van der Waals surface area contributed by atoms with Gasteiger partial charge >= 0.3 is 0 Å². The van der Waals surface area contributed by atoms with Gasteiger partial charge in [0.1, 0.15) is 5.75 Å². The van der Waals surface area contributed by atoms with Crippen LogP contribution in [0.5, 0.6) is 5.75 Å². The molecule has 2 heteroatoms. The van der Waals surface area contributed by atoms with Gasteiger partial charge in [-0.3, -0.25) is 0 Å². The topological polar surface area (TPSA) is 20.2 Å². The number of phenolic OH excluding ortho intramolecular Hbond substituents is 1. The number of aryl methyl sites for hydroxylation is 1. The van der Waals surface area contributed by atoms with Crippen molar-refractivity contribution in [3.63, 3.8) is 0 Å². The summed E-state index contributed by atoms with van der Waals surface area (Å²) in [7, 11) is 0. The van der Waals surface area contributed by atoms with E-state index >= 15 is 0 Å². The van der Waals surface area contributed by atoms with Gasteiger partial charge in [0.05, 0.1) is 0 Å². The first kappa shape index (κ1) is 9.46. The summed E-state index contributed by atoms with van der Waals surface area (Å²) >= 11 is 1.87. The summed E-state index contributed by atoms with van der Waals surface area (Å²) in [6.45, 7) is 0. The largest absolute Gasteiger partial charge is 0.508 e. The first-order valence-corrected chi connectivity index (χ1v) is 5.49. The summed E-state index contributed by atoms with van der Waals surface area (Å²) in [5.74, 6) is 1.56. The van der Waals surface area contributed by atoms with Crippen molar-refractivity contribution in [2.75, 3.05) is 12.0 Å². The highest BCUT2D eigenvalue weighted by molar-refractivity contribution is 7.98. The highest BCUT2D eigenvalue weighted by Crippen LogP contribution is 2.11. The molecule has 0 fully saturated rings. The van der Waals surface area contributed by atoms with E-state index in [1.807, 2.05) is 23.9 Å². The number of hydrogen-bond acceptors (Lipinski definition) is 2. The first-order valence-electron chi connectivity index (χ1n) is 4.10. The van der Waals surface area contributed by atoms with E-state index < -0.39 is 0 Å². The Balaban J connectivity index is 2.37. The van der Waals surface area contributed by atoms with Gasteiger partial charge in [0.15, 0.2) is 0 Å². The lowest BCUT2D eigenvalue weighted by Gasteiger charge is -1.99. The number of aromatic hydroxyl groups is 1. The minimum absolute atomic E-state index is 0.351. The molecule has 1 aromatic rings. The van der Waals surface area contributed by atoms with Gasteiger partial charge in [-0.1, -0.05) is 12.1 Å². The van der Waals surface area contributed by atoms with Crippen LogP contribution in [-0.2, 0) is 6.42 Å². The zero-order valence-corrected chi connectivity index (χ0v) is 8.10. The molecule has 66 valence electrons. The lowest BCUT2D eigenvalue weighted by Crippen LogP contribution is -1.86. The first-order chi connectivity index (χ1) is 5.83. The van der Waals surface area contributed by atoms with Crippen LogP contribution in [0.3, 0.4) is 0 Å². The van der Waals surface area contributed by atoms with E-state index in [1.165, 1.54) is 17.7 Å². The van der Waals surface area contributed by atoms with Gasteiger partial charge in [-0.2, -0.15) is 11.8 Å². The summed E-state index contributed by atoms with van der Waals surface area (Å²) < 4.78 is 0. The quantitative estimate of drug-likeness (QED) is 0.722. The molecule has 0 unspecified atom stereocenters. The van der Waals surface area contributed by atoms with Crippen molar-refractivity contribution in [2.24, 2.45) is 0 Å². The average Bonchev–Trinajstić information content (AvgIpc) is 2.09. The third-order valence-electron chi connectivity index (χ3n) is 1.75. The molecule has 0 heterocycles. The predicted molar refractivity (Wildman–Crippen MR) is 54.8 cm³/mol.